The van der Waals surface area contributed by atoms with Crippen LogP contribution in [-0.4, -0.2) is 46.3 Å². The Hall–Kier alpha value is -0.580. The second-order valence-electron chi connectivity index (χ2n) is 4.46. The van der Waals surface area contributed by atoms with Gasteiger partial charge in [0.1, 0.15) is 0 Å². The molecular weight excluding hydrogens is 224 g/mol. The number of urea groups is 1. The van der Waals surface area contributed by atoms with Crippen LogP contribution in [0.5, 0.6) is 0 Å². The van der Waals surface area contributed by atoms with Crippen LogP contribution in [-0.2, 0) is 10.8 Å². The lowest BCUT2D eigenvalue weighted by atomic mass is 10.1. The lowest BCUT2D eigenvalue weighted by Crippen LogP contribution is -2.46. The minimum Gasteiger partial charge on any atom is -0.336 e. The van der Waals surface area contributed by atoms with Gasteiger partial charge in [0.05, 0.1) is 0 Å². The van der Waals surface area contributed by atoms with Crippen LogP contribution in [0.2, 0.25) is 0 Å². The summed E-state index contributed by atoms with van der Waals surface area (Å²) in [5.41, 5.74) is 0. The van der Waals surface area contributed by atoms with Crippen molar-refractivity contribution in [3.8, 4) is 0 Å². The van der Waals surface area contributed by atoms with Gasteiger partial charge in [0.25, 0.3) is 0 Å². The average molecular weight is 246 g/mol. The van der Waals surface area contributed by atoms with Crippen LogP contribution >= 0.6 is 0 Å². The van der Waals surface area contributed by atoms with Gasteiger partial charge in [-0.25, -0.2) is 4.79 Å². The molecule has 1 rings (SSSR count). The summed E-state index contributed by atoms with van der Waals surface area (Å²) in [5.74, 6) is 0.654. The molecule has 2 unspecified atom stereocenters. The molecule has 1 heterocycles. The van der Waals surface area contributed by atoms with Crippen molar-refractivity contribution in [2.45, 2.75) is 38.6 Å². The Morgan fingerprint density at radius 1 is 1.38 bits per heavy atom. The summed E-state index contributed by atoms with van der Waals surface area (Å²) < 4.78 is 10.9. The van der Waals surface area contributed by atoms with Crippen LogP contribution in [0.25, 0.3) is 0 Å². The summed E-state index contributed by atoms with van der Waals surface area (Å²) in [6.45, 7) is 3.71. The molecule has 5 heteroatoms. The van der Waals surface area contributed by atoms with Crippen LogP contribution < -0.4 is 5.32 Å². The number of hydrogen-bond donors (Lipinski definition) is 1. The molecular formula is C11H22N2O2S. The van der Waals surface area contributed by atoms with Gasteiger partial charge in [-0.1, -0.05) is 0 Å². The number of nitrogens with zero attached hydrogens (tertiary/aromatic N) is 1. The fourth-order valence-corrected chi connectivity index (χ4v) is 2.50. The molecule has 0 aromatic carbocycles. The Bertz CT molecular complexity index is 252. The van der Waals surface area contributed by atoms with Crippen molar-refractivity contribution in [1.29, 1.82) is 0 Å². The first-order valence-corrected chi connectivity index (χ1v) is 7.68. The standard InChI is InChI=1S/C11H22N2O2S/c1-10(6-9-16(2)15)12-11(14)13-7-4-3-5-8-13/h10H,3-9H2,1-2H3,(H,12,14). The third-order valence-corrected chi connectivity index (χ3v) is 3.66. The van der Waals surface area contributed by atoms with Gasteiger partial charge in [-0.2, -0.15) is 0 Å². The van der Waals surface area contributed by atoms with Gasteiger partial charge in [0, 0.05) is 41.9 Å². The van der Waals surface area contributed by atoms with Crippen molar-refractivity contribution in [2.24, 2.45) is 0 Å². The topological polar surface area (TPSA) is 49.4 Å². The summed E-state index contributed by atoms with van der Waals surface area (Å²) in [4.78, 5) is 13.7. The van der Waals surface area contributed by atoms with Crippen molar-refractivity contribution in [2.75, 3.05) is 25.1 Å². The van der Waals surface area contributed by atoms with E-state index in [0.717, 1.165) is 32.4 Å². The van der Waals surface area contributed by atoms with Crippen LogP contribution in [0.3, 0.4) is 0 Å². The highest BCUT2D eigenvalue weighted by Crippen LogP contribution is 2.08. The molecule has 1 aliphatic heterocycles. The number of likely N-dealkylation sites (tertiary alicyclic amines) is 1. The van der Waals surface area contributed by atoms with Crippen molar-refractivity contribution in [3.63, 3.8) is 0 Å². The van der Waals surface area contributed by atoms with Gasteiger partial charge in [0.15, 0.2) is 0 Å². The van der Waals surface area contributed by atoms with Gasteiger partial charge in [0.2, 0.25) is 0 Å². The van der Waals surface area contributed by atoms with E-state index in [1.807, 2.05) is 11.8 Å². The lowest BCUT2D eigenvalue weighted by molar-refractivity contribution is 0.183. The lowest BCUT2D eigenvalue weighted by Gasteiger charge is -2.28. The number of hydrogen-bond acceptors (Lipinski definition) is 2. The second-order valence-corrected chi connectivity index (χ2v) is 6.02. The zero-order chi connectivity index (χ0) is 12.0. The summed E-state index contributed by atoms with van der Waals surface area (Å²) in [5, 5.41) is 2.96. The summed E-state index contributed by atoms with van der Waals surface area (Å²) in [6.07, 6.45) is 5.93. The minimum atomic E-state index is -0.771. The molecule has 0 aromatic rings. The van der Waals surface area contributed by atoms with E-state index >= 15 is 0 Å². The van der Waals surface area contributed by atoms with E-state index in [-0.39, 0.29) is 12.1 Å². The zero-order valence-corrected chi connectivity index (χ0v) is 11.0. The molecule has 0 bridgehead atoms. The first-order chi connectivity index (χ1) is 7.59. The van der Waals surface area contributed by atoms with Crippen molar-refractivity contribution in [3.05, 3.63) is 0 Å². The second kappa shape index (κ2) is 6.89. The Balaban J connectivity index is 2.23. The maximum absolute atomic E-state index is 11.8. The molecule has 1 aliphatic rings. The highest BCUT2D eigenvalue weighted by atomic mass is 32.2. The predicted molar refractivity (Wildman–Crippen MR) is 67.0 cm³/mol. The van der Waals surface area contributed by atoms with Crippen molar-refractivity contribution >= 4 is 16.8 Å². The minimum absolute atomic E-state index is 0.0362. The molecule has 2 amide bonds. The summed E-state index contributed by atoms with van der Waals surface area (Å²) >= 11 is 0. The average Bonchev–Trinajstić information content (AvgIpc) is 2.27. The van der Waals surface area contributed by atoms with Gasteiger partial charge in [-0.15, -0.1) is 0 Å². The molecule has 4 nitrogen and oxygen atoms in total. The first kappa shape index (κ1) is 13.5. The van der Waals surface area contributed by atoms with E-state index < -0.39 is 10.8 Å². The molecule has 0 aromatic heterocycles. The molecule has 2 atom stereocenters. The Kier molecular flexibility index (Phi) is 5.80. The number of piperidine rings is 1. The monoisotopic (exact) mass is 246 g/mol. The third kappa shape index (κ3) is 4.96. The van der Waals surface area contributed by atoms with Crippen LogP contribution in [0.1, 0.15) is 32.6 Å². The molecule has 0 aliphatic carbocycles. The van der Waals surface area contributed by atoms with Crippen LogP contribution in [0.15, 0.2) is 0 Å². The number of nitrogens with one attached hydrogen (secondary N) is 1. The summed E-state index contributed by atoms with van der Waals surface area (Å²) in [6, 6.07) is 0.146. The zero-order valence-electron chi connectivity index (χ0n) is 10.2. The first-order valence-electron chi connectivity index (χ1n) is 5.95. The number of carbonyl (C=O) groups is 1. The number of rotatable bonds is 4. The Morgan fingerprint density at radius 3 is 2.56 bits per heavy atom. The van der Waals surface area contributed by atoms with Gasteiger partial charge >= 0.3 is 6.03 Å². The van der Waals surface area contributed by atoms with E-state index in [2.05, 4.69) is 5.32 Å². The fourth-order valence-electron chi connectivity index (χ4n) is 1.81. The van der Waals surface area contributed by atoms with Gasteiger partial charge in [-0.05, 0) is 32.6 Å². The maximum Gasteiger partial charge on any atom is 0.317 e. The fraction of sp³-hybridized carbons (Fsp3) is 0.909. The number of carbonyl (C=O) groups excluding carboxylic acids is 1. The Labute approximate surface area is 100 Å². The van der Waals surface area contributed by atoms with E-state index in [4.69, 9.17) is 0 Å². The van der Waals surface area contributed by atoms with Gasteiger partial charge < -0.3 is 10.2 Å². The molecule has 1 fully saturated rings. The highest BCUT2D eigenvalue weighted by Gasteiger charge is 2.17. The highest BCUT2D eigenvalue weighted by molar-refractivity contribution is 7.84. The molecule has 1 N–H and O–H groups in total. The summed E-state index contributed by atoms with van der Waals surface area (Å²) in [7, 11) is -0.771. The van der Waals surface area contributed by atoms with Crippen LogP contribution in [0.4, 0.5) is 4.79 Å². The quantitative estimate of drug-likeness (QED) is 0.814. The SMILES string of the molecule is CC(CCS(C)=O)NC(=O)N1CCCCC1. The Morgan fingerprint density at radius 2 is 2.00 bits per heavy atom. The van der Waals surface area contributed by atoms with E-state index in [0.29, 0.717) is 5.75 Å². The van der Waals surface area contributed by atoms with Gasteiger partial charge in [-0.3, -0.25) is 4.21 Å². The largest absolute Gasteiger partial charge is 0.336 e. The van der Waals surface area contributed by atoms with E-state index in [1.165, 1.54) is 6.42 Å². The molecule has 16 heavy (non-hydrogen) atoms. The molecule has 0 radical (unpaired) electrons. The van der Waals surface area contributed by atoms with Crippen molar-refractivity contribution in [1.82, 2.24) is 10.2 Å². The third-order valence-electron chi connectivity index (χ3n) is 2.85. The number of amides is 2. The van der Waals surface area contributed by atoms with Crippen LogP contribution in [0, 0.1) is 0 Å². The van der Waals surface area contributed by atoms with E-state index in [1.54, 1.807) is 6.26 Å². The molecule has 0 saturated carbocycles. The smallest absolute Gasteiger partial charge is 0.317 e. The molecule has 1 saturated heterocycles. The molecule has 94 valence electrons. The predicted octanol–water partition coefficient (Wildman–Crippen LogP) is 1.34. The van der Waals surface area contributed by atoms with Crippen molar-refractivity contribution < 1.29 is 9.00 Å². The van der Waals surface area contributed by atoms with E-state index in [9.17, 15) is 9.00 Å². The molecule has 0 spiro atoms. The normalized spacial score (nSPS) is 20.2. The maximum atomic E-state index is 11.8.